The van der Waals surface area contributed by atoms with E-state index in [-0.39, 0.29) is 0 Å². The monoisotopic (exact) mass is 308 g/mol. The maximum atomic E-state index is 2.66. The summed E-state index contributed by atoms with van der Waals surface area (Å²) in [6.45, 7) is 18.0. The van der Waals surface area contributed by atoms with E-state index >= 15 is 0 Å². The average molecular weight is 309 g/mol. The predicted molar refractivity (Wildman–Crippen MR) is 98.6 cm³/mol. The van der Waals surface area contributed by atoms with E-state index in [1.807, 2.05) is 0 Å². The van der Waals surface area contributed by atoms with Gasteiger partial charge in [0, 0.05) is 15.7 Å². The summed E-state index contributed by atoms with van der Waals surface area (Å²) in [7, 11) is -3.30. The SMILES string of the molecule is CC[Si](C)(c1ccccc1)[Si](C)(C)CC[Si](C)(C)C. The summed E-state index contributed by atoms with van der Waals surface area (Å²) < 4.78 is 0. The summed E-state index contributed by atoms with van der Waals surface area (Å²) in [6, 6.07) is 15.9. The van der Waals surface area contributed by atoms with Gasteiger partial charge in [-0.15, -0.1) is 0 Å². The molecule has 0 fully saturated rings. The van der Waals surface area contributed by atoms with E-state index in [9.17, 15) is 0 Å². The molecule has 0 radical (unpaired) electrons. The van der Waals surface area contributed by atoms with Gasteiger partial charge in [0.25, 0.3) is 0 Å². The summed E-state index contributed by atoms with van der Waals surface area (Å²) in [5.74, 6) is 0. The van der Waals surface area contributed by atoms with Gasteiger partial charge in [-0.05, 0) is 0 Å². The number of hydrogen-bond donors (Lipinski definition) is 0. The van der Waals surface area contributed by atoms with Gasteiger partial charge in [-0.25, -0.2) is 0 Å². The second-order valence-corrected chi connectivity index (χ2v) is 29.2. The van der Waals surface area contributed by atoms with Gasteiger partial charge < -0.3 is 0 Å². The molecule has 1 unspecified atom stereocenters. The van der Waals surface area contributed by atoms with Crippen LogP contribution in [0.1, 0.15) is 6.92 Å². The van der Waals surface area contributed by atoms with Crippen molar-refractivity contribution in [3.63, 3.8) is 0 Å². The van der Waals surface area contributed by atoms with Gasteiger partial charge in [-0.2, -0.15) is 0 Å². The van der Waals surface area contributed by atoms with Gasteiger partial charge in [-0.3, -0.25) is 0 Å². The third-order valence-electron chi connectivity index (χ3n) is 5.11. The molecule has 0 amide bonds. The second-order valence-electron chi connectivity index (χ2n) is 8.00. The smallest absolute Gasteiger partial charge is 0.0710 e. The van der Waals surface area contributed by atoms with Crippen molar-refractivity contribution >= 4 is 28.4 Å². The molecule has 0 bridgehead atoms. The first kappa shape index (κ1) is 16.9. The van der Waals surface area contributed by atoms with E-state index in [1.165, 1.54) is 18.1 Å². The van der Waals surface area contributed by atoms with Crippen molar-refractivity contribution in [3.05, 3.63) is 30.3 Å². The highest BCUT2D eigenvalue weighted by Crippen LogP contribution is 2.30. The van der Waals surface area contributed by atoms with Crippen molar-refractivity contribution in [2.45, 2.75) is 64.3 Å². The van der Waals surface area contributed by atoms with Crippen LogP contribution >= 0.6 is 0 Å². The molecule has 0 aliphatic rings. The van der Waals surface area contributed by atoms with E-state index < -0.39 is 23.3 Å². The quantitative estimate of drug-likeness (QED) is 0.640. The molecule has 19 heavy (non-hydrogen) atoms. The number of benzene rings is 1. The Hall–Kier alpha value is -0.129. The van der Waals surface area contributed by atoms with Crippen molar-refractivity contribution < 1.29 is 0 Å². The summed E-state index contributed by atoms with van der Waals surface area (Å²) in [4.78, 5) is 0. The van der Waals surface area contributed by atoms with Gasteiger partial charge in [0.05, 0.1) is 7.59 Å². The highest BCUT2D eigenvalue weighted by Gasteiger charge is 2.44. The van der Waals surface area contributed by atoms with E-state index in [1.54, 1.807) is 5.19 Å². The van der Waals surface area contributed by atoms with Gasteiger partial charge in [-0.1, -0.05) is 99.9 Å². The molecule has 0 N–H and O–H groups in total. The Morgan fingerprint density at radius 1 is 0.789 bits per heavy atom. The van der Waals surface area contributed by atoms with Crippen molar-refractivity contribution in [2.24, 2.45) is 0 Å². The van der Waals surface area contributed by atoms with Crippen LogP contribution < -0.4 is 5.19 Å². The number of hydrogen-bond acceptors (Lipinski definition) is 0. The van der Waals surface area contributed by atoms with Gasteiger partial charge >= 0.3 is 0 Å². The van der Waals surface area contributed by atoms with Crippen molar-refractivity contribution in [3.8, 4) is 0 Å². The third-order valence-corrected chi connectivity index (χ3v) is 26.5. The molecular formula is C16H32Si3. The van der Waals surface area contributed by atoms with Crippen LogP contribution in [-0.2, 0) is 0 Å². The van der Waals surface area contributed by atoms with Crippen molar-refractivity contribution in [2.75, 3.05) is 0 Å². The molecule has 1 rings (SSSR count). The van der Waals surface area contributed by atoms with Gasteiger partial charge in [0.1, 0.15) is 0 Å². The number of rotatable bonds is 6. The van der Waals surface area contributed by atoms with Crippen molar-refractivity contribution in [1.82, 2.24) is 0 Å². The largest absolute Gasteiger partial charge is 0.0766 e. The fraction of sp³-hybridized carbons (Fsp3) is 0.625. The van der Waals surface area contributed by atoms with Crippen LogP contribution in [0.4, 0.5) is 0 Å². The molecule has 1 aromatic carbocycles. The molecule has 0 heterocycles. The molecule has 0 aliphatic heterocycles. The topological polar surface area (TPSA) is 0 Å². The van der Waals surface area contributed by atoms with E-state index in [0.29, 0.717) is 0 Å². The third kappa shape index (κ3) is 4.17. The molecule has 1 atom stereocenters. The van der Waals surface area contributed by atoms with Gasteiger partial charge in [0.2, 0.25) is 0 Å². The standard InChI is InChI=1S/C16H32Si3/c1-8-19(7,16-12-10-9-11-13-16)18(5,6)15-14-17(2,3)4/h9-13H,8,14-15H2,1-7H3. The van der Waals surface area contributed by atoms with Crippen LogP contribution in [0.3, 0.4) is 0 Å². The lowest BCUT2D eigenvalue weighted by Crippen LogP contribution is -2.64. The minimum atomic E-state index is -1.27. The summed E-state index contributed by atoms with van der Waals surface area (Å²) in [5.41, 5.74) is 0. The highest BCUT2D eigenvalue weighted by molar-refractivity contribution is 7.46. The molecule has 0 saturated carbocycles. The lowest BCUT2D eigenvalue weighted by molar-refractivity contribution is 1.28. The molecule has 0 aromatic heterocycles. The fourth-order valence-electron chi connectivity index (χ4n) is 2.84. The van der Waals surface area contributed by atoms with Crippen molar-refractivity contribution in [1.29, 1.82) is 0 Å². The zero-order chi connectivity index (χ0) is 14.7. The molecule has 3 heteroatoms. The molecule has 0 nitrogen and oxygen atoms in total. The molecule has 1 aromatic rings. The van der Waals surface area contributed by atoms with Gasteiger partial charge in [0.15, 0.2) is 0 Å². The van der Waals surface area contributed by atoms with Crippen LogP contribution in [0.5, 0.6) is 0 Å². The molecular weight excluding hydrogens is 276 g/mol. The molecule has 108 valence electrons. The summed E-state index contributed by atoms with van der Waals surface area (Å²) >= 11 is 0. The Morgan fingerprint density at radius 3 is 1.74 bits per heavy atom. The van der Waals surface area contributed by atoms with E-state index in [0.717, 1.165) is 0 Å². The lowest BCUT2D eigenvalue weighted by Gasteiger charge is -2.42. The first-order valence-electron chi connectivity index (χ1n) is 7.68. The Kier molecular flexibility index (Phi) is 5.44. The van der Waals surface area contributed by atoms with Crippen LogP contribution in [0, 0.1) is 0 Å². The Labute approximate surface area is 123 Å². The first-order chi connectivity index (χ1) is 8.62. The first-order valence-corrected chi connectivity index (χ1v) is 18.3. The maximum Gasteiger partial charge on any atom is 0.0766 e. The normalized spacial score (nSPS) is 16.2. The minimum Gasteiger partial charge on any atom is -0.0710 e. The molecule has 0 aliphatic carbocycles. The van der Waals surface area contributed by atoms with Crippen LogP contribution in [0.2, 0.25) is 57.4 Å². The second kappa shape index (κ2) is 6.10. The Bertz CT molecular complexity index is 392. The molecule has 0 spiro atoms. The zero-order valence-electron chi connectivity index (χ0n) is 14.0. The lowest BCUT2D eigenvalue weighted by atomic mass is 10.4. The summed E-state index contributed by atoms with van der Waals surface area (Å²) in [5, 5.41) is 1.70. The predicted octanol–water partition coefficient (Wildman–Crippen LogP) is 5.12. The molecule has 0 saturated heterocycles. The summed E-state index contributed by atoms with van der Waals surface area (Å²) in [6.07, 6.45) is 0. The van der Waals surface area contributed by atoms with E-state index in [2.05, 4.69) is 76.5 Å². The Morgan fingerprint density at radius 2 is 1.32 bits per heavy atom. The van der Waals surface area contributed by atoms with E-state index in [4.69, 9.17) is 0 Å². The average Bonchev–Trinajstić information content (AvgIpc) is 2.35. The zero-order valence-corrected chi connectivity index (χ0v) is 17.0. The van der Waals surface area contributed by atoms with Crippen LogP contribution in [0.15, 0.2) is 30.3 Å². The highest BCUT2D eigenvalue weighted by atomic mass is 29.3. The van der Waals surface area contributed by atoms with Crippen LogP contribution in [0.25, 0.3) is 0 Å². The maximum absolute atomic E-state index is 2.66. The van der Waals surface area contributed by atoms with Crippen LogP contribution in [-0.4, -0.2) is 23.3 Å². The fourth-order valence-corrected chi connectivity index (χ4v) is 20.5. The minimum absolute atomic E-state index is 0.903. The Balaban J connectivity index is 3.00.